The van der Waals surface area contributed by atoms with Crippen LogP contribution in [0.25, 0.3) is 0 Å². The molecule has 3 N–H and O–H groups in total. The van der Waals surface area contributed by atoms with Gasteiger partial charge in [-0.15, -0.1) is 0 Å². The van der Waals surface area contributed by atoms with Crippen molar-refractivity contribution < 1.29 is 17.9 Å². The minimum absolute atomic E-state index is 0.0114. The number of carbonyl (C=O) groups is 1. The van der Waals surface area contributed by atoms with Gasteiger partial charge in [0, 0.05) is 12.6 Å². The summed E-state index contributed by atoms with van der Waals surface area (Å²) in [6.07, 6.45) is 4.66. The van der Waals surface area contributed by atoms with Gasteiger partial charge in [0.15, 0.2) is 0 Å². The van der Waals surface area contributed by atoms with E-state index < -0.39 is 15.4 Å². The molecule has 3 aliphatic rings. The van der Waals surface area contributed by atoms with Crippen LogP contribution in [0.15, 0.2) is 41.3 Å². The van der Waals surface area contributed by atoms with Crippen LogP contribution in [0.1, 0.15) is 37.7 Å². The van der Waals surface area contributed by atoms with Crippen molar-refractivity contribution >= 4 is 33.0 Å². The second-order valence-corrected chi connectivity index (χ2v) is 11.0. The lowest BCUT2D eigenvalue weighted by Crippen LogP contribution is -2.40. The second kappa shape index (κ2) is 8.22. The largest absolute Gasteiger partial charge is 0.495 e. The normalized spacial score (nSPS) is 21.8. The van der Waals surface area contributed by atoms with E-state index in [1.165, 1.54) is 13.2 Å². The maximum Gasteiger partial charge on any atom is 0.265 e. The topological polar surface area (TPSA) is 99.8 Å². The van der Waals surface area contributed by atoms with Crippen molar-refractivity contribution in [1.29, 1.82) is 0 Å². The fraction of sp³-hybridized carbons (Fsp3) is 0.458. The summed E-state index contributed by atoms with van der Waals surface area (Å²) in [5.74, 6) is 0.291. The Morgan fingerprint density at radius 2 is 1.97 bits per heavy atom. The van der Waals surface area contributed by atoms with Gasteiger partial charge in [-0.25, -0.2) is 8.42 Å². The number of hydrogen-bond acceptors (Lipinski definition) is 6. The minimum Gasteiger partial charge on any atom is -0.495 e. The predicted octanol–water partition coefficient (Wildman–Crippen LogP) is 3.38. The monoisotopic (exact) mass is 470 g/mol. The van der Waals surface area contributed by atoms with Crippen LogP contribution < -0.4 is 20.1 Å². The Hall–Kier alpha value is -2.78. The first-order chi connectivity index (χ1) is 15.8. The number of fused-ring (bicyclic) bond motifs is 2. The molecule has 0 bridgehead atoms. The first kappa shape index (κ1) is 22.0. The summed E-state index contributed by atoms with van der Waals surface area (Å²) in [5, 5.41) is 6.68. The number of rotatable bonds is 6. The Morgan fingerprint density at radius 3 is 2.67 bits per heavy atom. The Bertz CT molecular complexity index is 1190. The number of nitrogens with one attached hydrogen (secondary N) is 3. The van der Waals surface area contributed by atoms with Gasteiger partial charge in [-0.3, -0.25) is 9.52 Å². The number of likely N-dealkylation sites (tertiary alicyclic amines) is 1. The summed E-state index contributed by atoms with van der Waals surface area (Å²) in [6.45, 7) is 1.96. The molecule has 1 atom stereocenters. The third kappa shape index (κ3) is 3.83. The zero-order chi connectivity index (χ0) is 23.2. The molecule has 0 aromatic heterocycles. The van der Waals surface area contributed by atoms with E-state index >= 15 is 0 Å². The quantitative estimate of drug-likeness (QED) is 0.599. The van der Waals surface area contributed by atoms with Gasteiger partial charge < -0.3 is 20.3 Å². The molecule has 1 spiro atoms. The SMILES string of the molecule is COc1ccccc1S(=O)(=O)Nc1cc(NC2CCCN(C)C2)c2c(c1)C1(CCC1)C(=O)N2. The van der Waals surface area contributed by atoms with Crippen LogP contribution in [-0.2, 0) is 20.2 Å². The van der Waals surface area contributed by atoms with E-state index in [4.69, 9.17) is 4.74 Å². The zero-order valence-corrected chi connectivity index (χ0v) is 19.8. The Labute approximate surface area is 194 Å². The maximum atomic E-state index is 13.2. The lowest BCUT2D eigenvalue weighted by molar-refractivity contribution is -0.123. The number of ether oxygens (including phenoxy) is 1. The minimum atomic E-state index is -3.89. The van der Waals surface area contributed by atoms with Crippen LogP contribution in [-0.4, -0.2) is 52.5 Å². The van der Waals surface area contributed by atoms with Crippen molar-refractivity contribution in [3.05, 3.63) is 42.0 Å². The highest BCUT2D eigenvalue weighted by Crippen LogP contribution is 2.54. The van der Waals surface area contributed by atoms with E-state index in [0.717, 1.165) is 62.1 Å². The maximum absolute atomic E-state index is 13.2. The van der Waals surface area contributed by atoms with E-state index in [0.29, 0.717) is 5.69 Å². The number of piperidine rings is 1. The van der Waals surface area contributed by atoms with E-state index in [2.05, 4.69) is 27.3 Å². The summed E-state index contributed by atoms with van der Waals surface area (Å²) < 4.78 is 34.5. The standard InChI is InChI=1S/C24H30N4O4S/c1-28-12-5-7-16(15-28)25-19-14-17(13-18-22(19)26-23(29)24(18)10-6-11-24)27-33(30,31)21-9-4-3-8-20(21)32-2/h3-4,8-9,13-14,16,25,27H,5-7,10-12,15H2,1-2H3,(H,26,29). The number of para-hydroxylation sites is 1. The van der Waals surface area contributed by atoms with Gasteiger partial charge in [0.05, 0.1) is 29.6 Å². The molecule has 2 aliphatic heterocycles. The van der Waals surface area contributed by atoms with Crippen LogP contribution in [0.4, 0.5) is 17.1 Å². The fourth-order valence-corrected chi connectivity index (χ4v) is 6.48. The number of nitrogens with zero attached hydrogens (tertiary/aromatic N) is 1. The second-order valence-electron chi connectivity index (χ2n) is 9.34. The Kier molecular flexibility index (Phi) is 5.49. The molecule has 0 radical (unpaired) electrons. The lowest BCUT2D eigenvalue weighted by Gasteiger charge is -2.36. The van der Waals surface area contributed by atoms with Crippen molar-refractivity contribution in [2.24, 2.45) is 0 Å². The van der Waals surface area contributed by atoms with E-state index in [-0.39, 0.29) is 22.6 Å². The molecule has 5 rings (SSSR count). The molecule has 9 heteroatoms. The third-order valence-electron chi connectivity index (χ3n) is 7.13. The number of carbonyl (C=O) groups excluding carboxylic acids is 1. The molecule has 2 fully saturated rings. The first-order valence-corrected chi connectivity index (χ1v) is 12.9. The number of methoxy groups -OCH3 is 1. The Morgan fingerprint density at radius 1 is 1.18 bits per heavy atom. The van der Waals surface area contributed by atoms with Crippen LogP contribution in [0.3, 0.4) is 0 Å². The van der Waals surface area contributed by atoms with Crippen LogP contribution in [0.5, 0.6) is 5.75 Å². The average Bonchev–Trinajstić information content (AvgIpc) is 3.06. The molecule has 8 nitrogen and oxygen atoms in total. The smallest absolute Gasteiger partial charge is 0.265 e. The van der Waals surface area contributed by atoms with Gasteiger partial charge in [0.1, 0.15) is 10.6 Å². The van der Waals surface area contributed by atoms with E-state index in [1.54, 1.807) is 24.3 Å². The summed E-state index contributed by atoms with van der Waals surface area (Å²) in [6, 6.07) is 10.4. The van der Waals surface area contributed by atoms with Gasteiger partial charge in [-0.05, 0) is 69.1 Å². The molecule has 2 aromatic carbocycles. The van der Waals surface area contributed by atoms with Gasteiger partial charge in [0.25, 0.3) is 10.0 Å². The van der Waals surface area contributed by atoms with Crippen molar-refractivity contribution in [1.82, 2.24) is 4.90 Å². The summed E-state index contributed by atoms with van der Waals surface area (Å²) in [7, 11) is -0.341. The molecule has 176 valence electrons. The van der Waals surface area contributed by atoms with Gasteiger partial charge in [0.2, 0.25) is 5.91 Å². The van der Waals surface area contributed by atoms with Crippen LogP contribution in [0.2, 0.25) is 0 Å². The van der Waals surface area contributed by atoms with Crippen molar-refractivity contribution in [2.45, 2.75) is 48.5 Å². The summed E-state index contributed by atoms with van der Waals surface area (Å²) >= 11 is 0. The predicted molar refractivity (Wildman–Crippen MR) is 129 cm³/mol. The molecule has 2 aromatic rings. The molecule has 2 heterocycles. The number of hydrogen-bond donors (Lipinski definition) is 3. The van der Waals surface area contributed by atoms with E-state index in [1.807, 2.05) is 6.07 Å². The first-order valence-electron chi connectivity index (χ1n) is 11.4. The highest BCUT2D eigenvalue weighted by molar-refractivity contribution is 7.92. The number of likely N-dealkylation sites (N-methyl/N-ethyl adjacent to an activating group) is 1. The number of sulfonamides is 1. The van der Waals surface area contributed by atoms with Gasteiger partial charge in [-0.2, -0.15) is 0 Å². The van der Waals surface area contributed by atoms with Crippen molar-refractivity contribution in [2.75, 3.05) is 42.6 Å². The third-order valence-corrected chi connectivity index (χ3v) is 8.55. The zero-order valence-electron chi connectivity index (χ0n) is 19.0. The molecule has 1 unspecified atom stereocenters. The Balaban J connectivity index is 1.54. The van der Waals surface area contributed by atoms with E-state index in [9.17, 15) is 13.2 Å². The number of benzene rings is 2. The van der Waals surface area contributed by atoms with Crippen LogP contribution in [0, 0.1) is 0 Å². The lowest BCUT2D eigenvalue weighted by atomic mass is 9.65. The molecule has 33 heavy (non-hydrogen) atoms. The number of amides is 1. The van der Waals surface area contributed by atoms with Gasteiger partial charge >= 0.3 is 0 Å². The molecular weight excluding hydrogens is 440 g/mol. The molecule has 1 saturated heterocycles. The van der Waals surface area contributed by atoms with Gasteiger partial charge in [-0.1, -0.05) is 18.6 Å². The number of anilines is 3. The molecule has 1 aliphatic carbocycles. The van der Waals surface area contributed by atoms with Crippen molar-refractivity contribution in [3.63, 3.8) is 0 Å². The molecule has 1 amide bonds. The summed E-state index contributed by atoms with van der Waals surface area (Å²) in [5.41, 5.74) is 2.32. The molecular formula is C24H30N4O4S. The van der Waals surface area contributed by atoms with Crippen LogP contribution >= 0.6 is 0 Å². The highest BCUT2D eigenvalue weighted by atomic mass is 32.2. The fourth-order valence-electron chi connectivity index (χ4n) is 5.26. The average molecular weight is 471 g/mol. The molecule has 1 saturated carbocycles. The highest BCUT2D eigenvalue weighted by Gasteiger charge is 2.52. The van der Waals surface area contributed by atoms with Crippen molar-refractivity contribution in [3.8, 4) is 5.75 Å². The summed E-state index contributed by atoms with van der Waals surface area (Å²) in [4.78, 5) is 15.3.